The van der Waals surface area contributed by atoms with Gasteiger partial charge in [-0.1, -0.05) is 31.1 Å². The van der Waals surface area contributed by atoms with Crippen LogP contribution in [0.3, 0.4) is 0 Å². The predicted molar refractivity (Wildman–Crippen MR) is 71.9 cm³/mol. The lowest BCUT2D eigenvalue weighted by Crippen LogP contribution is -2.20. The second-order valence-corrected chi connectivity index (χ2v) is 5.62. The third kappa shape index (κ3) is 3.08. The number of Topliss-reactive ketones (excluding diaryl/α,β-unsaturated/α-hetero) is 1. The number of carbonyl (C=O) groups is 1. The van der Waals surface area contributed by atoms with Crippen molar-refractivity contribution in [2.75, 3.05) is 0 Å². The van der Waals surface area contributed by atoms with Crippen LogP contribution in [0.25, 0.3) is 0 Å². The Labute approximate surface area is 105 Å². The summed E-state index contributed by atoms with van der Waals surface area (Å²) in [7, 11) is 0. The number of ketones is 1. The van der Waals surface area contributed by atoms with Crippen LogP contribution in [-0.4, -0.2) is 5.78 Å². The largest absolute Gasteiger partial charge is 0.295 e. The van der Waals surface area contributed by atoms with Gasteiger partial charge in [0.1, 0.15) is 0 Å². The Morgan fingerprint density at radius 1 is 1.29 bits per heavy atom. The van der Waals surface area contributed by atoms with Gasteiger partial charge in [-0.15, -0.1) is 0 Å². The van der Waals surface area contributed by atoms with E-state index in [-0.39, 0.29) is 0 Å². The van der Waals surface area contributed by atoms with Gasteiger partial charge >= 0.3 is 0 Å². The molecule has 0 heterocycles. The minimum absolute atomic E-state index is 0.397. The first-order valence-corrected chi connectivity index (χ1v) is 7.12. The van der Waals surface area contributed by atoms with Crippen LogP contribution in [0.5, 0.6) is 0 Å². The lowest BCUT2D eigenvalue weighted by atomic mass is 9.74. The summed E-state index contributed by atoms with van der Waals surface area (Å²) in [6.45, 7) is 2.01. The van der Waals surface area contributed by atoms with Gasteiger partial charge in [0.2, 0.25) is 0 Å². The van der Waals surface area contributed by atoms with E-state index in [0.717, 1.165) is 18.4 Å². The fraction of sp³-hybridized carbons (Fsp3) is 0.688. The molecule has 0 atom stereocenters. The van der Waals surface area contributed by atoms with Gasteiger partial charge in [-0.25, -0.2) is 0 Å². The second-order valence-electron chi connectivity index (χ2n) is 5.62. The summed E-state index contributed by atoms with van der Waals surface area (Å²) in [6.07, 6.45) is 17.0. The molecule has 0 aromatic heterocycles. The highest BCUT2D eigenvalue weighted by Gasteiger charge is 2.34. The molecule has 0 bridgehead atoms. The summed E-state index contributed by atoms with van der Waals surface area (Å²) in [4.78, 5) is 12.1. The molecule has 2 aliphatic carbocycles. The van der Waals surface area contributed by atoms with E-state index in [1.54, 1.807) is 0 Å². The number of rotatable bonds is 4. The van der Waals surface area contributed by atoms with Gasteiger partial charge in [0.05, 0.1) is 0 Å². The quantitative estimate of drug-likeness (QED) is 0.648. The third-order valence-electron chi connectivity index (χ3n) is 4.33. The molecule has 1 spiro atoms. The van der Waals surface area contributed by atoms with E-state index in [9.17, 15) is 4.79 Å². The highest BCUT2D eigenvalue weighted by Crippen LogP contribution is 2.47. The van der Waals surface area contributed by atoms with Crippen molar-refractivity contribution >= 4 is 5.78 Å². The molecule has 0 unspecified atom stereocenters. The monoisotopic (exact) mass is 232 g/mol. The van der Waals surface area contributed by atoms with E-state index in [4.69, 9.17) is 0 Å². The van der Waals surface area contributed by atoms with E-state index < -0.39 is 0 Å². The van der Waals surface area contributed by atoms with Gasteiger partial charge < -0.3 is 0 Å². The predicted octanol–water partition coefficient (Wildman–Crippen LogP) is 4.58. The maximum Gasteiger partial charge on any atom is 0.158 e. The Hall–Kier alpha value is -0.850. The maximum absolute atomic E-state index is 12.1. The molecule has 0 aliphatic heterocycles. The van der Waals surface area contributed by atoms with Gasteiger partial charge in [-0.2, -0.15) is 0 Å². The number of allylic oxidation sites excluding steroid dienone is 4. The molecule has 1 fully saturated rings. The highest BCUT2D eigenvalue weighted by atomic mass is 16.1. The fourth-order valence-corrected chi connectivity index (χ4v) is 3.38. The zero-order chi connectivity index (χ0) is 12.1. The topological polar surface area (TPSA) is 17.1 Å². The van der Waals surface area contributed by atoms with Crippen molar-refractivity contribution in [2.24, 2.45) is 5.41 Å². The molecule has 0 saturated heterocycles. The highest BCUT2D eigenvalue weighted by molar-refractivity contribution is 5.95. The third-order valence-corrected chi connectivity index (χ3v) is 4.33. The Kier molecular flexibility index (Phi) is 4.20. The van der Waals surface area contributed by atoms with Crippen molar-refractivity contribution in [1.82, 2.24) is 0 Å². The van der Waals surface area contributed by atoms with E-state index in [0.29, 0.717) is 17.6 Å². The molecule has 0 radical (unpaired) electrons. The van der Waals surface area contributed by atoms with Crippen LogP contribution in [0, 0.1) is 5.41 Å². The van der Waals surface area contributed by atoms with Crippen LogP contribution in [0.15, 0.2) is 23.8 Å². The minimum Gasteiger partial charge on any atom is -0.295 e. The summed E-state index contributed by atoms with van der Waals surface area (Å²) in [5.74, 6) is 0.397. The van der Waals surface area contributed by atoms with E-state index in [2.05, 4.69) is 12.2 Å². The van der Waals surface area contributed by atoms with Crippen molar-refractivity contribution in [3.05, 3.63) is 23.8 Å². The van der Waals surface area contributed by atoms with Gasteiger partial charge in [-0.05, 0) is 56.4 Å². The minimum atomic E-state index is 0.397. The average molecular weight is 232 g/mol. The molecule has 94 valence electrons. The Morgan fingerprint density at radius 2 is 2.00 bits per heavy atom. The van der Waals surface area contributed by atoms with Crippen molar-refractivity contribution in [1.29, 1.82) is 0 Å². The van der Waals surface area contributed by atoms with Crippen LogP contribution < -0.4 is 0 Å². The molecule has 0 aromatic rings. The zero-order valence-corrected chi connectivity index (χ0v) is 11.0. The first kappa shape index (κ1) is 12.6. The second kappa shape index (κ2) is 5.66. The van der Waals surface area contributed by atoms with E-state index in [1.165, 1.54) is 38.5 Å². The van der Waals surface area contributed by atoms with Gasteiger partial charge in [-0.3, -0.25) is 4.79 Å². The first-order chi connectivity index (χ1) is 8.26. The summed E-state index contributed by atoms with van der Waals surface area (Å²) < 4.78 is 0. The molecule has 2 aliphatic rings. The molecule has 0 N–H and O–H groups in total. The summed E-state index contributed by atoms with van der Waals surface area (Å²) >= 11 is 0. The average Bonchev–Trinajstić information content (AvgIpc) is 2.77. The van der Waals surface area contributed by atoms with Gasteiger partial charge in [0.25, 0.3) is 0 Å². The van der Waals surface area contributed by atoms with Crippen LogP contribution in [0.1, 0.15) is 64.7 Å². The summed E-state index contributed by atoms with van der Waals surface area (Å²) in [5.41, 5.74) is 1.56. The van der Waals surface area contributed by atoms with Crippen LogP contribution >= 0.6 is 0 Å². The SMILES string of the molecule is CC=CCCC(=O)C1=CC2(CCCC2)CCC1. The number of hydrogen-bond donors (Lipinski definition) is 0. The Morgan fingerprint density at radius 3 is 2.71 bits per heavy atom. The maximum atomic E-state index is 12.1. The normalized spacial score (nSPS) is 23.2. The van der Waals surface area contributed by atoms with Crippen molar-refractivity contribution in [2.45, 2.75) is 64.7 Å². The van der Waals surface area contributed by atoms with Crippen LogP contribution in [-0.2, 0) is 4.79 Å². The fourth-order valence-electron chi connectivity index (χ4n) is 3.38. The van der Waals surface area contributed by atoms with Gasteiger partial charge in [0.15, 0.2) is 5.78 Å². The molecule has 1 saturated carbocycles. The molecule has 2 rings (SSSR count). The molecule has 17 heavy (non-hydrogen) atoms. The van der Waals surface area contributed by atoms with Crippen molar-refractivity contribution in [3.8, 4) is 0 Å². The van der Waals surface area contributed by atoms with E-state index in [1.807, 2.05) is 13.0 Å². The Balaban J connectivity index is 1.99. The molecule has 0 amide bonds. The molecular formula is C16H24O. The molecule has 1 nitrogen and oxygen atoms in total. The van der Waals surface area contributed by atoms with Crippen molar-refractivity contribution < 1.29 is 4.79 Å². The van der Waals surface area contributed by atoms with E-state index >= 15 is 0 Å². The molecular weight excluding hydrogens is 208 g/mol. The van der Waals surface area contributed by atoms with Gasteiger partial charge in [0, 0.05) is 6.42 Å². The first-order valence-electron chi connectivity index (χ1n) is 7.12. The number of carbonyl (C=O) groups excluding carboxylic acids is 1. The smallest absolute Gasteiger partial charge is 0.158 e. The summed E-state index contributed by atoms with van der Waals surface area (Å²) in [5, 5.41) is 0. The lowest BCUT2D eigenvalue weighted by molar-refractivity contribution is -0.115. The number of hydrogen-bond acceptors (Lipinski definition) is 1. The van der Waals surface area contributed by atoms with Crippen LogP contribution in [0.2, 0.25) is 0 Å². The Bertz CT molecular complexity index is 329. The van der Waals surface area contributed by atoms with Crippen molar-refractivity contribution in [3.63, 3.8) is 0 Å². The standard InChI is InChI=1S/C16H24O/c1-2-3-4-9-15(17)14-8-7-12-16(13-14)10-5-6-11-16/h2-3,13H,4-12H2,1H3. The molecule has 1 heteroatoms. The lowest BCUT2D eigenvalue weighted by Gasteiger charge is -2.30. The van der Waals surface area contributed by atoms with Crippen LogP contribution in [0.4, 0.5) is 0 Å². The zero-order valence-electron chi connectivity index (χ0n) is 11.0. The summed E-state index contributed by atoms with van der Waals surface area (Å²) in [6, 6.07) is 0. The molecule has 0 aromatic carbocycles.